The highest BCUT2D eigenvalue weighted by Crippen LogP contribution is 2.39. The van der Waals surface area contributed by atoms with Crippen LogP contribution in [0.5, 0.6) is 0 Å². The van der Waals surface area contributed by atoms with E-state index in [-0.39, 0.29) is 18.4 Å². The lowest BCUT2D eigenvalue weighted by molar-refractivity contribution is -0.148. The quantitative estimate of drug-likeness (QED) is 0.672. The highest BCUT2D eigenvalue weighted by molar-refractivity contribution is 5.87. The number of hydrogen-bond donors (Lipinski definition) is 2. The van der Waals surface area contributed by atoms with Crippen molar-refractivity contribution < 1.29 is 19.4 Å². The van der Waals surface area contributed by atoms with Gasteiger partial charge in [0.05, 0.1) is 0 Å². The first-order valence-electron chi connectivity index (χ1n) is 5.13. The molecule has 5 nitrogen and oxygen atoms in total. The second-order valence-corrected chi connectivity index (χ2v) is 3.97. The van der Waals surface area contributed by atoms with E-state index in [4.69, 9.17) is 9.84 Å². The van der Waals surface area contributed by atoms with E-state index in [1.54, 1.807) is 13.8 Å². The summed E-state index contributed by atoms with van der Waals surface area (Å²) in [6, 6.07) is 0. The van der Waals surface area contributed by atoms with Gasteiger partial charge in [-0.05, 0) is 32.6 Å². The Morgan fingerprint density at radius 3 is 2.53 bits per heavy atom. The Kier molecular flexibility index (Phi) is 3.68. The zero-order chi connectivity index (χ0) is 11.5. The Bertz CT molecular complexity index is 262. The fourth-order valence-corrected chi connectivity index (χ4v) is 1.51. The number of rotatable bonds is 6. The van der Waals surface area contributed by atoms with Crippen LogP contribution in [0.15, 0.2) is 0 Å². The second kappa shape index (κ2) is 4.61. The second-order valence-electron chi connectivity index (χ2n) is 3.97. The molecule has 5 heteroatoms. The van der Waals surface area contributed by atoms with Gasteiger partial charge < -0.3 is 15.2 Å². The molecule has 1 atom stereocenters. The molecule has 1 rings (SSSR count). The number of carbonyl (C=O) groups excluding carboxylic acids is 1. The molecule has 0 aromatic carbocycles. The first kappa shape index (κ1) is 12.0. The Morgan fingerprint density at radius 1 is 1.53 bits per heavy atom. The number of carboxylic acids is 1. The summed E-state index contributed by atoms with van der Waals surface area (Å²) in [6.45, 7) is 3.70. The molecular formula is C10H17NO4. The first-order valence-corrected chi connectivity index (χ1v) is 5.13. The number of ether oxygens (including phenoxy) is 1. The first-order chi connectivity index (χ1) is 7.00. The van der Waals surface area contributed by atoms with Gasteiger partial charge in [0.15, 0.2) is 0 Å². The largest absolute Gasteiger partial charge is 0.480 e. The van der Waals surface area contributed by atoms with Crippen molar-refractivity contribution in [2.24, 2.45) is 5.92 Å². The van der Waals surface area contributed by atoms with E-state index in [1.807, 2.05) is 0 Å². The van der Waals surface area contributed by atoms with E-state index in [0.29, 0.717) is 6.61 Å². The van der Waals surface area contributed by atoms with Gasteiger partial charge in [-0.3, -0.25) is 4.79 Å². The standard InChI is InChI=1S/C10H17NO4/c1-3-15-6-8(12)11-10(2,9(13)14)7-4-5-7/h7H,3-6H2,1-2H3,(H,11,12)(H,13,14). The summed E-state index contributed by atoms with van der Waals surface area (Å²) in [4.78, 5) is 22.4. The molecule has 1 aliphatic rings. The molecule has 1 unspecified atom stereocenters. The summed E-state index contributed by atoms with van der Waals surface area (Å²) in [5, 5.41) is 11.6. The Labute approximate surface area is 88.8 Å². The number of hydrogen-bond acceptors (Lipinski definition) is 3. The maximum absolute atomic E-state index is 11.4. The third-order valence-electron chi connectivity index (χ3n) is 2.67. The van der Waals surface area contributed by atoms with Gasteiger partial charge in [-0.15, -0.1) is 0 Å². The normalized spacial score (nSPS) is 19.3. The summed E-state index contributed by atoms with van der Waals surface area (Å²) >= 11 is 0. The monoisotopic (exact) mass is 215 g/mol. The molecule has 0 spiro atoms. The molecule has 0 aliphatic heterocycles. The van der Waals surface area contributed by atoms with Crippen molar-refractivity contribution >= 4 is 11.9 Å². The molecule has 86 valence electrons. The van der Waals surface area contributed by atoms with Gasteiger partial charge in [0.1, 0.15) is 12.1 Å². The van der Waals surface area contributed by atoms with Crippen LogP contribution in [0.3, 0.4) is 0 Å². The van der Waals surface area contributed by atoms with Gasteiger partial charge in [-0.1, -0.05) is 0 Å². The number of aliphatic carboxylic acids is 1. The highest BCUT2D eigenvalue weighted by Gasteiger charge is 2.48. The number of nitrogens with one attached hydrogen (secondary N) is 1. The van der Waals surface area contributed by atoms with Crippen LogP contribution in [0.1, 0.15) is 26.7 Å². The van der Waals surface area contributed by atoms with E-state index >= 15 is 0 Å². The van der Waals surface area contributed by atoms with Crippen LogP contribution >= 0.6 is 0 Å². The van der Waals surface area contributed by atoms with Gasteiger partial charge in [-0.2, -0.15) is 0 Å². The molecule has 15 heavy (non-hydrogen) atoms. The van der Waals surface area contributed by atoms with Gasteiger partial charge in [0.25, 0.3) is 0 Å². The van der Waals surface area contributed by atoms with Crippen LogP contribution in [-0.2, 0) is 14.3 Å². The number of carbonyl (C=O) groups is 2. The fourth-order valence-electron chi connectivity index (χ4n) is 1.51. The van der Waals surface area contributed by atoms with Gasteiger partial charge in [0.2, 0.25) is 5.91 Å². The summed E-state index contributed by atoms with van der Waals surface area (Å²) in [7, 11) is 0. The minimum atomic E-state index is -1.13. The maximum atomic E-state index is 11.4. The maximum Gasteiger partial charge on any atom is 0.329 e. The molecule has 1 saturated carbocycles. The van der Waals surface area contributed by atoms with Gasteiger partial charge in [-0.25, -0.2) is 4.79 Å². The van der Waals surface area contributed by atoms with Crippen molar-refractivity contribution in [3.8, 4) is 0 Å². The topological polar surface area (TPSA) is 75.6 Å². The van der Waals surface area contributed by atoms with Crippen LogP contribution in [-0.4, -0.2) is 35.7 Å². The zero-order valence-electron chi connectivity index (χ0n) is 9.08. The van der Waals surface area contributed by atoms with Crippen molar-refractivity contribution in [2.75, 3.05) is 13.2 Å². The third kappa shape index (κ3) is 2.92. The van der Waals surface area contributed by atoms with Gasteiger partial charge >= 0.3 is 5.97 Å². The lowest BCUT2D eigenvalue weighted by Crippen LogP contribution is -2.54. The minimum Gasteiger partial charge on any atom is -0.480 e. The molecule has 0 aromatic rings. The van der Waals surface area contributed by atoms with Crippen molar-refractivity contribution in [1.29, 1.82) is 0 Å². The van der Waals surface area contributed by atoms with E-state index in [1.165, 1.54) is 0 Å². The Hall–Kier alpha value is -1.10. The van der Waals surface area contributed by atoms with Crippen molar-refractivity contribution in [3.05, 3.63) is 0 Å². The lowest BCUT2D eigenvalue weighted by atomic mass is 9.96. The average molecular weight is 215 g/mol. The molecule has 1 amide bonds. The molecule has 1 aliphatic carbocycles. The smallest absolute Gasteiger partial charge is 0.329 e. The van der Waals surface area contributed by atoms with E-state index in [2.05, 4.69) is 5.32 Å². The van der Waals surface area contributed by atoms with Crippen LogP contribution in [0, 0.1) is 5.92 Å². The molecule has 0 heterocycles. The summed E-state index contributed by atoms with van der Waals surface area (Å²) in [6.07, 6.45) is 1.72. The minimum absolute atomic E-state index is 0.0561. The van der Waals surface area contributed by atoms with E-state index in [9.17, 15) is 9.59 Å². The summed E-state index contributed by atoms with van der Waals surface area (Å²) in [5.41, 5.74) is -1.13. The molecule has 2 N–H and O–H groups in total. The van der Waals surface area contributed by atoms with E-state index < -0.39 is 11.5 Å². The Morgan fingerprint density at radius 2 is 2.13 bits per heavy atom. The van der Waals surface area contributed by atoms with E-state index in [0.717, 1.165) is 12.8 Å². The van der Waals surface area contributed by atoms with Crippen LogP contribution < -0.4 is 5.32 Å². The number of amides is 1. The van der Waals surface area contributed by atoms with Crippen LogP contribution in [0.4, 0.5) is 0 Å². The lowest BCUT2D eigenvalue weighted by Gasteiger charge is -2.25. The predicted molar refractivity (Wildman–Crippen MR) is 53.4 cm³/mol. The highest BCUT2D eigenvalue weighted by atomic mass is 16.5. The molecule has 0 radical (unpaired) electrons. The summed E-state index contributed by atoms with van der Waals surface area (Å²) < 4.78 is 4.92. The van der Waals surface area contributed by atoms with Gasteiger partial charge in [0, 0.05) is 6.61 Å². The SMILES string of the molecule is CCOCC(=O)NC(C)(C(=O)O)C1CC1. The van der Waals surface area contributed by atoms with Crippen LogP contribution in [0.2, 0.25) is 0 Å². The Balaban J connectivity index is 2.51. The average Bonchev–Trinajstić information content (AvgIpc) is 2.97. The predicted octanol–water partition coefficient (Wildman–Crippen LogP) is 0.392. The number of carboxylic acid groups (broad SMARTS) is 1. The molecule has 0 saturated heterocycles. The summed E-state index contributed by atoms with van der Waals surface area (Å²) in [5.74, 6) is -1.29. The molecular weight excluding hydrogens is 198 g/mol. The molecule has 0 bridgehead atoms. The van der Waals surface area contributed by atoms with Crippen molar-refractivity contribution in [1.82, 2.24) is 5.32 Å². The zero-order valence-corrected chi connectivity index (χ0v) is 9.08. The van der Waals surface area contributed by atoms with Crippen molar-refractivity contribution in [2.45, 2.75) is 32.2 Å². The third-order valence-corrected chi connectivity index (χ3v) is 2.67. The van der Waals surface area contributed by atoms with Crippen molar-refractivity contribution in [3.63, 3.8) is 0 Å². The fraction of sp³-hybridized carbons (Fsp3) is 0.800. The molecule has 1 fully saturated rings. The molecule has 0 aromatic heterocycles. The van der Waals surface area contributed by atoms with Crippen LogP contribution in [0.25, 0.3) is 0 Å².